The maximum Gasteiger partial charge on any atom is 0.306 e. The van der Waals surface area contributed by atoms with Crippen molar-refractivity contribution in [2.75, 3.05) is 13.2 Å². The van der Waals surface area contributed by atoms with Crippen LogP contribution in [0.5, 0.6) is 0 Å². The molecule has 0 aromatic rings. The number of hydrogen-bond donors (Lipinski definition) is 6. The Labute approximate surface area is 479 Å². The molecule has 0 saturated carbocycles. The second-order valence-electron chi connectivity index (χ2n) is 23.2. The molecule has 11 nitrogen and oxygen atoms in total. The van der Waals surface area contributed by atoms with Crippen LogP contribution in [0.25, 0.3) is 0 Å². The number of amides is 1. The molecule has 6 N–H and O–H groups in total. The smallest absolute Gasteiger partial charge is 0.306 e. The summed E-state index contributed by atoms with van der Waals surface area (Å²) >= 11 is 0. The maximum absolute atomic E-state index is 13.4. The molecule has 1 rings (SSSR count). The second-order valence-corrected chi connectivity index (χ2v) is 23.2. The van der Waals surface area contributed by atoms with Gasteiger partial charge < -0.3 is 45.1 Å². The number of nitrogens with one attached hydrogen (secondary N) is 1. The monoisotopic (exact) mass is 1100 g/mol. The van der Waals surface area contributed by atoms with E-state index in [9.17, 15) is 35.1 Å². The third-order valence-corrected chi connectivity index (χ3v) is 15.8. The van der Waals surface area contributed by atoms with Gasteiger partial charge in [0.05, 0.1) is 25.4 Å². The molecule has 1 saturated heterocycles. The van der Waals surface area contributed by atoms with Crippen molar-refractivity contribution < 1.29 is 49.3 Å². The van der Waals surface area contributed by atoms with Gasteiger partial charge in [0.25, 0.3) is 0 Å². The summed E-state index contributed by atoms with van der Waals surface area (Å²) in [7, 11) is 0. The van der Waals surface area contributed by atoms with E-state index in [2.05, 4.69) is 50.4 Å². The van der Waals surface area contributed by atoms with Crippen molar-refractivity contribution in [1.82, 2.24) is 5.32 Å². The van der Waals surface area contributed by atoms with E-state index in [1.165, 1.54) is 205 Å². The number of aliphatic hydroxyl groups is 5. The van der Waals surface area contributed by atoms with E-state index in [4.69, 9.17) is 14.2 Å². The van der Waals surface area contributed by atoms with Crippen molar-refractivity contribution >= 4 is 11.9 Å². The van der Waals surface area contributed by atoms with E-state index < -0.39 is 67.4 Å². The van der Waals surface area contributed by atoms with Crippen LogP contribution in [0, 0.1) is 0 Å². The Morgan fingerprint density at radius 2 is 0.885 bits per heavy atom. The molecular formula is C67H125NO10. The zero-order valence-electron chi connectivity index (χ0n) is 50.8. The highest BCUT2D eigenvalue weighted by Crippen LogP contribution is 2.26. The fourth-order valence-electron chi connectivity index (χ4n) is 10.5. The van der Waals surface area contributed by atoms with E-state index in [1.54, 1.807) is 6.08 Å². The standard InChI is InChI=1S/C67H125NO10/c1-4-7-10-13-16-19-22-24-26-27-28-29-30-31-32-33-34-35-36-39-42-45-48-51-54-60(71)66(75)68-58(59(70)53-50-47-44-41-38-21-18-15-12-9-6-3)57-76-67-65(64(74)63(73)61(56-69)77-67)78-62(72)55-52-49-46-43-40-37-25-23-20-17-14-11-8-5-2/h16,19,24,26,50,53,58-61,63-65,67,69-71,73-74H,4-15,17-18,20-23,25,27-49,51-52,54-57H2,1-3H3,(H,68,75)/b19-16-,26-24-,53-50+. The second kappa shape index (κ2) is 55.4. The molecule has 0 spiro atoms. The minimum absolute atomic E-state index is 0.129. The molecule has 78 heavy (non-hydrogen) atoms. The minimum atomic E-state index is -1.61. The predicted molar refractivity (Wildman–Crippen MR) is 324 cm³/mol. The Kier molecular flexibility index (Phi) is 52.5. The Bertz CT molecular complexity index is 1410. The predicted octanol–water partition coefficient (Wildman–Crippen LogP) is 16.2. The molecule has 1 aliphatic heterocycles. The molecule has 0 aromatic carbocycles. The highest BCUT2D eigenvalue weighted by Gasteiger charge is 2.47. The first-order chi connectivity index (χ1) is 38.2. The summed E-state index contributed by atoms with van der Waals surface area (Å²) in [4.78, 5) is 26.6. The molecule has 1 amide bonds. The maximum atomic E-state index is 13.4. The summed E-state index contributed by atoms with van der Waals surface area (Å²) in [5.41, 5.74) is 0. The molecule has 1 heterocycles. The van der Waals surface area contributed by atoms with Gasteiger partial charge in [-0.3, -0.25) is 9.59 Å². The molecule has 8 atom stereocenters. The van der Waals surface area contributed by atoms with Crippen molar-refractivity contribution in [3.05, 3.63) is 36.5 Å². The number of rotatable bonds is 57. The molecule has 8 unspecified atom stereocenters. The summed E-state index contributed by atoms with van der Waals surface area (Å²) in [5.74, 6) is -1.18. The Morgan fingerprint density at radius 3 is 1.33 bits per heavy atom. The topological polar surface area (TPSA) is 175 Å². The van der Waals surface area contributed by atoms with Gasteiger partial charge in [0.15, 0.2) is 12.4 Å². The van der Waals surface area contributed by atoms with Gasteiger partial charge in [0.2, 0.25) is 5.91 Å². The molecule has 458 valence electrons. The van der Waals surface area contributed by atoms with Crippen LogP contribution < -0.4 is 5.32 Å². The number of unbranched alkanes of at least 4 members (excludes halogenated alkanes) is 39. The van der Waals surface area contributed by atoms with Crippen molar-refractivity contribution in [3.8, 4) is 0 Å². The number of carbonyl (C=O) groups is 2. The third-order valence-electron chi connectivity index (χ3n) is 15.8. The highest BCUT2D eigenvalue weighted by molar-refractivity contribution is 5.80. The Balaban J connectivity index is 2.57. The van der Waals surface area contributed by atoms with Gasteiger partial charge in [-0.1, -0.05) is 288 Å². The number of allylic oxidation sites excluding steroid dienone is 5. The van der Waals surface area contributed by atoms with E-state index >= 15 is 0 Å². The molecule has 0 radical (unpaired) electrons. The molecule has 0 aromatic heterocycles. The van der Waals surface area contributed by atoms with E-state index in [0.29, 0.717) is 19.3 Å². The number of esters is 1. The number of hydrogen-bond acceptors (Lipinski definition) is 10. The minimum Gasteiger partial charge on any atom is -0.454 e. The van der Waals surface area contributed by atoms with Crippen molar-refractivity contribution in [2.24, 2.45) is 0 Å². The zero-order chi connectivity index (χ0) is 56.8. The first kappa shape index (κ1) is 73.9. The molecule has 11 heteroatoms. The average molecular weight is 1100 g/mol. The van der Waals surface area contributed by atoms with E-state index in [1.807, 2.05) is 6.08 Å². The first-order valence-electron chi connectivity index (χ1n) is 33.3. The fourth-order valence-corrected chi connectivity index (χ4v) is 10.5. The SMILES string of the molecule is CCCCC/C=C\C/C=C\CCCCCCCCCCCCCCCCC(O)C(=O)NC(COC1OC(CO)C(O)C(O)C1OC(=O)CCCCCCCCCCCCCCCC)C(O)/C=C/CCCCCCCCCCC. The van der Waals surface area contributed by atoms with Crippen LogP contribution in [-0.2, 0) is 23.8 Å². The summed E-state index contributed by atoms with van der Waals surface area (Å²) in [6, 6.07) is -1.02. The summed E-state index contributed by atoms with van der Waals surface area (Å²) in [5, 5.41) is 57.0. The quantitative estimate of drug-likeness (QED) is 0.0195. The fraction of sp³-hybridized carbons (Fsp3) is 0.881. The Morgan fingerprint density at radius 1 is 0.500 bits per heavy atom. The van der Waals surface area contributed by atoms with Crippen LogP contribution >= 0.6 is 0 Å². The number of aliphatic hydroxyl groups excluding tert-OH is 5. The van der Waals surface area contributed by atoms with Crippen molar-refractivity contribution in [3.63, 3.8) is 0 Å². The van der Waals surface area contributed by atoms with Gasteiger partial charge in [0.1, 0.15) is 24.4 Å². The van der Waals surface area contributed by atoms with Crippen LogP contribution in [0.2, 0.25) is 0 Å². The lowest BCUT2D eigenvalue weighted by molar-refractivity contribution is -0.305. The van der Waals surface area contributed by atoms with Gasteiger partial charge in [-0.05, 0) is 57.8 Å². The molecule has 1 aliphatic rings. The molecule has 0 aliphatic carbocycles. The average Bonchev–Trinajstić information content (AvgIpc) is 3.44. The summed E-state index contributed by atoms with van der Waals surface area (Å²) in [6.07, 6.45) is 56.2. The lowest BCUT2D eigenvalue weighted by Gasteiger charge is -2.41. The van der Waals surface area contributed by atoms with E-state index in [-0.39, 0.29) is 13.0 Å². The van der Waals surface area contributed by atoms with Crippen LogP contribution in [0.4, 0.5) is 0 Å². The molecular weight excluding hydrogens is 979 g/mol. The highest BCUT2D eigenvalue weighted by atomic mass is 16.7. The van der Waals surface area contributed by atoms with Crippen molar-refractivity contribution in [2.45, 2.75) is 365 Å². The largest absolute Gasteiger partial charge is 0.454 e. The lowest BCUT2D eigenvalue weighted by atomic mass is 9.99. The molecule has 1 fully saturated rings. The number of ether oxygens (including phenoxy) is 3. The summed E-state index contributed by atoms with van der Waals surface area (Å²) in [6.45, 7) is 5.79. The number of carbonyl (C=O) groups excluding carboxylic acids is 2. The van der Waals surface area contributed by atoms with Crippen LogP contribution in [0.3, 0.4) is 0 Å². The normalized spacial score (nSPS) is 19.1. The van der Waals surface area contributed by atoms with Gasteiger partial charge in [-0.15, -0.1) is 0 Å². The van der Waals surface area contributed by atoms with Gasteiger partial charge in [0, 0.05) is 6.42 Å². The van der Waals surface area contributed by atoms with Crippen LogP contribution in [-0.4, -0.2) is 99.6 Å². The molecule has 0 bridgehead atoms. The van der Waals surface area contributed by atoms with Gasteiger partial charge in [-0.25, -0.2) is 0 Å². The zero-order valence-corrected chi connectivity index (χ0v) is 50.8. The van der Waals surface area contributed by atoms with E-state index in [0.717, 1.165) is 64.2 Å². The Hall–Kier alpha value is -2.12. The van der Waals surface area contributed by atoms with Gasteiger partial charge >= 0.3 is 5.97 Å². The van der Waals surface area contributed by atoms with Crippen LogP contribution in [0.15, 0.2) is 36.5 Å². The first-order valence-corrected chi connectivity index (χ1v) is 33.3. The lowest BCUT2D eigenvalue weighted by Crippen LogP contribution is -2.61. The van der Waals surface area contributed by atoms with Gasteiger partial charge in [-0.2, -0.15) is 0 Å². The van der Waals surface area contributed by atoms with Crippen molar-refractivity contribution in [1.29, 1.82) is 0 Å². The van der Waals surface area contributed by atoms with Crippen LogP contribution in [0.1, 0.15) is 316 Å². The summed E-state index contributed by atoms with van der Waals surface area (Å²) < 4.78 is 17.6. The third kappa shape index (κ3) is 42.7.